The summed E-state index contributed by atoms with van der Waals surface area (Å²) in [7, 11) is 0. The fourth-order valence-corrected chi connectivity index (χ4v) is 1.91. The van der Waals surface area contributed by atoms with E-state index < -0.39 is 49.4 Å². The van der Waals surface area contributed by atoms with Crippen LogP contribution in [-0.2, 0) is 19.0 Å². The molecule has 8 heteroatoms. The number of rotatable bonds is 6. The number of hydrogen-bond acceptors (Lipinski definition) is 8. The Morgan fingerprint density at radius 2 is 1.90 bits per heavy atom. The summed E-state index contributed by atoms with van der Waals surface area (Å²) in [6.07, 6.45) is -7.34. The van der Waals surface area contributed by atoms with Crippen molar-refractivity contribution in [2.24, 2.45) is 0 Å². The van der Waals surface area contributed by atoms with E-state index in [1.54, 1.807) is 13.8 Å². The van der Waals surface area contributed by atoms with E-state index in [1.165, 1.54) is 0 Å². The van der Waals surface area contributed by atoms with Crippen molar-refractivity contribution < 1.29 is 39.4 Å². The minimum absolute atomic E-state index is 0.0388. The van der Waals surface area contributed by atoms with Gasteiger partial charge in [-0.25, -0.2) is 0 Å². The lowest BCUT2D eigenvalue weighted by atomic mass is 9.99. The van der Waals surface area contributed by atoms with Crippen molar-refractivity contribution in [1.29, 1.82) is 0 Å². The Morgan fingerprint density at radius 3 is 2.45 bits per heavy atom. The molecule has 0 spiro atoms. The zero-order chi connectivity index (χ0) is 15.3. The summed E-state index contributed by atoms with van der Waals surface area (Å²) in [5, 5.41) is 38.0. The molecule has 1 heterocycles. The van der Waals surface area contributed by atoms with E-state index in [0.29, 0.717) is 0 Å². The first-order valence-electron chi connectivity index (χ1n) is 6.52. The maximum absolute atomic E-state index is 11.3. The van der Waals surface area contributed by atoms with Gasteiger partial charge in [0.2, 0.25) is 0 Å². The molecule has 20 heavy (non-hydrogen) atoms. The Kier molecular flexibility index (Phi) is 6.80. The van der Waals surface area contributed by atoms with Gasteiger partial charge < -0.3 is 34.6 Å². The van der Waals surface area contributed by atoms with Crippen LogP contribution in [0.3, 0.4) is 0 Å². The molecule has 0 bridgehead atoms. The molecule has 0 saturated carbocycles. The minimum atomic E-state index is -1.50. The second-order valence-corrected chi connectivity index (χ2v) is 4.65. The summed E-state index contributed by atoms with van der Waals surface area (Å²) in [6, 6.07) is 0. The second kappa shape index (κ2) is 7.87. The van der Waals surface area contributed by atoms with Crippen molar-refractivity contribution in [3.63, 3.8) is 0 Å². The van der Waals surface area contributed by atoms with Gasteiger partial charge in [-0.1, -0.05) is 0 Å². The van der Waals surface area contributed by atoms with Gasteiger partial charge in [0.15, 0.2) is 6.29 Å². The summed E-state index contributed by atoms with van der Waals surface area (Å²) in [5.41, 5.74) is 0. The second-order valence-electron chi connectivity index (χ2n) is 4.65. The first-order chi connectivity index (χ1) is 9.40. The van der Waals surface area contributed by atoms with E-state index in [4.69, 9.17) is 19.3 Å². The first-order valence-corrected chi connectivity index (χ1v) is 6.52. The van der Waals surface area contributed by atoms with E-state index in [0.717, 1.165) is 0 Å². The predicted molar refractivity (Wildman–Crippen MR) is 65.6 cm³/mol. The maximum atomic E-state index is 11.3. The van der Waals surface area contributed by atoms with Crippen LogP contribution < -0.4 is 0 Å². The van der Waals surface area contributed by atoms with E-state index in [1.807, 2.05) is 0 Å². The first kappa shape index (κ1) is 17.3. The summed E-state index contributed by atoms with van der Waals surface area (Å²) in [5.74, 6) is -0.454. The smallest absolute Gasteiger partial charge is 0.308 e. The molecule has 1 aliphatic rings. The van der Waals surface area contributed by atoms with Crippen molar-refractivity contribution in [2.75, 3.05) is 13.2 Å². The highest BCUT2D eigenvalue weighted by Gasteiger charge is 2.44. The normalized spacial score (nSPS) is 35.6. The van der Waals surface area contributed by atoms with Gasteiger partial charge in [0.1, 0.15) is 24.4 Å². The van der Waals surface area contributed by atoms with Crippen LogP contribution in [0.5, 0.6) is 0 Å². The molecular formula is C12H22O8. The Balaban J connectivity index is 2.55. The zero-order valence-electron chi connectivity index (χ0n) is 11.5. The molecule has 0 radical (unpaired) electrons. The van der Waals surface area contributed by atoms with Crippen LogP contribution >= 0.6 is 0 Å². The van der Waals surface area contributed by atoms with Crippen LogP contribution in [0.25, 0.3) is 0 Å². The molecule has 0 aromatic carbocycles. The van der Waals surface area contributed by atoms with E-state index >= 15 is 0 Å². The lowest BCUT2D eigenvalue weighted by molar-refractivity contribution is -0.310. The largest absolute Gasteiger partial charge is 0.466 e. The third-order valence-electron chi connectivity index (χ3n) is 2.97. The fourth-order valence-electron chi connectivity index (χ4n) is 1.91. The molecule has 1 unspecified atom stereocenters. The van der Waals surface area contributed by atoms with Gasteiger partial charge in [-0.2, -0.15) is 0 Å². The van der Waals surface area contributed by atoms with E-state index in [-0.39, 0.29) is 13.0 Å². The standard InChI is InChI=1S/C12H22O8/c1-3-18-8(14)4-6(2)19-12-11(17)10(16)9(15)7(5-13)20-12/h6-7,9-13,15-17H,3-5H2,1-2H3/t6?,7-,9-,10+,11-,12-/m1/s1. The Hall–Kier alpha value is -0.770. The van der Waals surface area contributed by atoms with Gasteiger partial charge in [0.05, 0.1) is 25.7 Å². The minimum Gasteiger partial charge on any atom is -0.466 e. The van der Waals surface area contributed by atoms with E-state index in [9.17, 15) is 20.1 Å². The summed E-state index contributed by atoms with van der Waals surface area (Å²) < 4.78 is 15.2. The van der Waals surface area contributed by atoms with Crippen LogP contribution in [0.2, 0.25) is 0 Å². The molecule has 4 N–H and O–H groups in total. The van der Waals surface area contributed by atoms with Crippen molar-refractivity contribution in [1.82, 2.24) is 0 Å². The van der Waals surface area contributed by atoms with E-state index in [2.05, 4.69) is 0 Å². The number of aliphatic hydroxyl groups is 4. The molecule has 0 aromatic rings. The summed E-state index contributed by atoms with van der Waals surface area (Å²) in [4.78, 5) is 11.3. The van der Waals surface area contributed by atoms with Crippen LogP contribution in [0.1, 0.15) is 20.3 Å². The van der Waals surface area contributed by atoms with Crippen LogP contribution in [-0.4, -0.2) is 76.4 Å². The van der Waals surface area contributed by atoms with Crippen molar-refractivity contribution in [2.45, 2.75) is 57.1 Å². The molecule has 0 aromatic heterocycles. The molecule has 1 saturated heterocycles. The maximum Gasteiger partial charge on any atom is 0.308 e. The topological polar surface area (TPSA) is 126 Å². The lowest BCUT2D eigenvalue weighted by Crippen LogP contribution is -2.59. The van der Waals surface area contributed by atoms with Gasteiger partial charge >= 0.3 is 5.97 Å². The molecule has 0 amide bonds. The lowest BCUT2D eigenvalue weighted by Gasteiger charge is -2.40. The van der Waals surface area contributed by atoms with Gasteiger partial charge in [0.25, 0.3) is 0 Å². The summed E-state index contributed by atoms with van der Waals surface area (Å²) in [6.45, 7) is 2.99. The molecule has 1 rings (SSSR count). The zero-order valence-corrected chi connectivity index (χ0v) is 11.5. The highest BCUT2D eigenvalue weighted by atomic mass is 16.7. The Bertz CT molecular complexity index is 308. The van der Waals surface area contributed by atoms with Crippen LogP contribution in [0.4, 0.5) is 0 Å². The molecule has 6 atom stereocenters. The molecule has 1 fully saturated rings. The van der Waals surface area contributed by atoms with Crippen molar-refractivity contribution in [3.8, 4) is 0 Å². The number of ether oxygens (including phenoxy) is 3. The Labute approximate surface area is 116 Å². The third kappa shape index (κ3) is 4.37. The van der Waals surface area contributed by atoms with Gasteiger partial charge in [-0.3, -0.25) is 4.79 Å². The molecule has 0 aliphatic carbocycles. The van der Waals surface area contributed by atoms with Crippen LogP contribution in [0.15, 0.2) is 0 Å². The Morgan fingerprint density at radius 1 is 1.25 bits per heavy atom. The van der Waals surface area contributed by atoms with Gasteiger partial charge in [-0.05, 0) is 13.8 Å². The molecular weight excluding hydrogens is 272 g/mol. The molecule has 1 aliphatic heterocycles. The monoisotopic (exact) mass is 294 g/mol. The van der Waals surface area contributed by atoms with Gasteiger partial charge in [-0.15, -0.1) is 0 Å². The highest BCUT2D eigenvalue weighted by Crippen LogP contribution is 2.23. The van der Waals surface area contributed by atoms with Crippen LogP contribution in [0, 0.1) is 0 Å². The average Bonchev–Trinajstić information content (AvgIpc) is 2.39. The predicted octanol–water partition coefficient (Wildman–Crippen LogP) is -1.86. The SMILES string of the molecule is CCOC(=O)CC(C)O[C@@H]1O[C@H](CO)[C@@H](O)[C@H](O)[C@H]1O. The fraction of sp³-hybridized carbons (Fsp3) is 0.917. The summed E-state index contributed by atoms with van der Waals surface area (Å²) >= 11 is 0. The highest BCUT2D eigenvalue weighted by molar-refractivity contribution is 5.69. The van der Waals surface area contributed by atoms with Crippen molar-refractivity contribution >= 4 is 5.97 Å². The molecule has 8 nitrogen and oxygen atoms in total. The van der Waals surface area contributed by atoms with Crippen molar-refractivity contribution in [3.05, 3.63) is 0 Å². The quantitative estimate of drug-likeness (QED) is 0.420. The number of carbonyl (C=O) groups excluding carboxylic acids is 1. The number of carbonyl (C=O) groups is 1. The third-order valence-corrected chi connectivity index (χ3v) is 2.97. The number of esters is 1. The number of aliphatic hydroxyl groups excluding tert-OH is 4. The number of hydrogen-bond donors (Lipinski definition) is 4. The van der Waals surface area contributed by atoms with Gasteiger partial charge in [0, 0.05) is 0 Å². The molecule has 118 valence electrons. The average molecular weight is 294 g/mol.